The number of aromatic nitrogens is 1. The van der Waals surface area contributed by atoms with Crippen LogP contribution in [0.2, 0.25) is 0 Å². The van der Waals surface area contributed by atoms with Gasteiger partial charge in [-0.1, -0.05) is 23.5 Å². The Morgan fingerprint density at radius 3 is 3.09 bits per heavy atom. The van der Waals surface area contributed by atoms with Gasteiger partial charge in [0.25, 0.3) is 0 Å². The molecule has 1 aliphatic heterocycles. The Balaban J connectivity index is 1.36. The Labute approximate surface area is 139 Å². The van der Waals surface area contributed by atoms with Gasteiger partial charge >= 0.3 is 6.03 Å². The van der Waals surface area contributed by atoms with Gasteiger partial charge < -0.3 is 20.7 Å². The summed E-state index contributed by atoms with van der Waals surface area (Å²) in [4.78, 5) is 16.3. The summed E-state index contributed by atoms with van der Waals surface area (Å²) in [6.45, 7) is 3.96. The first-order chi connectivity index (χ1) is 11.2. The molecule has 0 aliphatic carbocycles. The number of ether oxygens (including phenoxy) is 1. The van der Waals surface area contributed by atoms with Crippen molar-refractivity contribution in [2.45, 2.75) is 31.9 Å². The minimum absolute atomic E-state index is 0.0368. The Morgan fingerprint density at radius 2 is 2.30 bits per heavy atom. The van der Waals surface area contributed by atoms with Crippen molar-refractivity contribution in [2.24, 2.45) is 0 Å². The van der Waals surface area contributed by atoms with Crippen LogP contribution in [0.15, 0.2) is 24.3 Å². The number of benzene rings is 1. The number of nitrogens with one attached hydrogen (secondary N) is 3. The van der Waals surface area contributed by atoms with Gasteiger partial charge in [0.1, 0.15) is 0 Å². The number of thiazole rings is 1. The quantitative estimate of drug-likeness (QED) is 0.710. The monoisotopic (exact) mass is 334 g/mol. The first kappa shape index (κ1) is 16.0. The minimum Gasteiger partial charge on any atom is -0.376 e. The van der Waals surface area contributed by atoms with E-state index in [1.807, 2.05) is 25.1 Å². The van der Waals surface area contributed by atoms with Crippen molar-refractivity contribution in [1.82, 2.24) is 15.6 Å². The predicted molar refractivity (Wildman–Crippen MR) is 93.1 cm³/mol. The number of rotatable bonds is 6. The molecule has 7 heteroatoms. The van der Waals surface area contributed by atoms with E-state index < -0.39 is 0 Å². The van der Waals surface area contributed by atoms with E-state index in [1.165, 1.54) is 0 Å². The standard InChI is InChI=1S/C16H22N4O2S/c1-11(13-6-4-10-22-13)19-15(21)17-8-9-18-16-20-12-5-2-3-7-14(12)23-16/h2-3,5,7,11,13H,4,6,8-10H2,1H3,(H,18,20)(H2,17,19,21)/t11-,13-/m0/s1. The van der Waals surface area contributed by atoms with Crippen LogP contribution in [0.1, 0.15) is 19.8 Å². The number of nitrogens with zero attached hydrogens (tertiary/aromatic N) is 1. The Hall–Kier alpha value is -1.86. The number of hydrogen-bond donors (Lipinski definition) is 3. The molecule has 1 fully saturated rings. The maximum Gasteiger partial charge on any atom is 0.315 e. The van der Waals surface area contributed by atoms with Gasteiger partial charge in [0.2, 0.25) is 0 Å². The number of carbonyl (C=O) groups is 1. The van der Waals surface area contributed by atoms with E-state index in [2.05, 4.69) is 27.0 Å². The fourth-order valence-corrected chi connectivity index (χ4v) is 3.53. The molecule has 23 heavy (non-hydrogen) atoms. The summed E-state index contributed by atoms with van der Waals surface area (Å²) in [5, 5.41) is 9.89. The van der Waals surface area contributed by atoms with Crippen molar-refractivity contribution in [3.05, 3.63) is 24.3 Å². The predicted octanol–water partition coefficient (Wildman–Crippen LogP) is 2.57. The Bertz CT molecular complexity index is 621. The zero-order valence-corrected chi connectivity index (χ0v) is 14.0. The minimum atomic E-state index is -0.154. The fraction of sp³-hybridized carbons (Fsp3) is 0.500. The molecular weight excluding hydrogens is 312 g/mol. The number of hydrogen-bond acceptors (Lipinski definition) is 5. The molecule has 124 valence electrons. The SMILES string of the molecule is C[C@H](NC(=O)NCCNc1nc2ccccc2s1)[C@@H]1CCCO1. The smallest absolute Gasteiger partial charge is 0.315 e. The van der Waals surface area contributed by atoms with Crippen LogP contribution in [0.5, 0.6) is 0 Å². The maximum absolute atomic E-state index is 11.8. The van der Waals surface area contributed by atoms with Crippen LogP contribution >= 0.6 is 11.3 Å². The molecule has 0 spiro atoms. The van der Waals surface area contributed by atoms with E-state index in [9.17, 15) is 4.79 Å². The summed E-state index contributed by atoms with van der Waals surface area (Å²) < 4.78 is 6.72. The summed E-state index contributed by atoms with van der Waals surface area (Å²) in [6.07, 6.45) is 2.23. The van der Waals surface area contributed by atoms with Crippen molar-refractivity contribution in [3.63, 3.8) is 0 Å². The first-order valence-electron chi connectivity index (χ1n) is 7.98. The molecule has 2 aromatic rings. The van der Waals surface area contributed by atoms with Gasteiger partial charge in [0, 0.05) is 19.7 Å². The van der Waals surface area contributed by atoms with Gasteiger partial charge in [-0.2, -0.15) is 0 Å². The van der Waals surface area contributed by atoms with Crippen molar-refractivity contribution in [2.75, 3.05) is 25.0 Å². The summed E-state index contributed by atoms with van der Waals surface area (Å²) >= 11 is 1.62. The molecule has 2 atom stereocenters. The van der Waals surface area contributed by atoms with E-state index in [0.29, 0.717) is 13.1 Å². The molecule has 1 saturated heterocycles. The van der Waals surface area contributed by atoms with Crippen LogP contribution in [0, 0.1) is 0 Å². The molecule has 1 aliphatic rings. The van der Waals surface area contributed by atoms with E-state index in [-0.39, 0.29) is 18.2 Å². The number of amides is 2. The first-order valence-corrected chi connectivity index (χ1v) is 8.79. The maximum atomic E-state index is 11.8. The average Bonchev–Trinajstić information content (AvgIpc) is 3.20. The number of anilines is 1. The van der Waals surface area contributed by atoms with Crippen LogP contribution < -0.4 is 16.0 Å². The van der Waals surface area contributed by atoms with E-state index in [4.69, 9.17) is 4.74 Å². The van der Waals surface area contributed by atoms with E-state index in [0.717, 1.165) is 34.8 Å². The topological polar surface area (TPSA) is 75.3 Å². The van der Waals surface area contributed by atoms with Crippen molar-refractivity contribution >= 4 is 32.7 Å². The largest absolute Gasteiger partial charge is 0.376 e. The summed E-state index contributed by atoms with van der Waals surface area (Å²) in [5.41, 5.74) is 0.996. The highest BCUT2D eigenvalue weighted by molar-refractivity contribution is 7.22. The zero-order valence-electron chi connectivity index (χ0n) is 13.2. The van der Waals surface area contributed by atoms with Gasteiger partial charge in [-0.25, -0.2) is 9.78 Å². The second-order valence-corrected chi connectivity index (χ2v) is 6.68. The van der Waals surface area contributed by atoms with Crippen LogP contribution in [0.25, 0.3) is 10.2 Å². The van der Waals surface area contributed by atoms with Crippen LogP contribution in [0.4, 0.5) is 9.93 Å². The molecule has 0 bridgehead atoms. The number of urea groups is 1. The highest BCUT2D eigenvalue weighted by Gasteiger charge is 2.23. The highest BCUT2D eigenvalue weighted by atomic mass is 32.1. The highest BCUT2D eigenvalue weighted by Crippen LogP contribution is 2.24. The third-order valence-corrected chi connectivity index (χ3v) is 4.86. The molecule has 0 saturated carbocycles. The normalized spacial score (nSPS) is 18.7. The van der Waals surface area contributed by atoms with Crippen LogP contribution in [0.3, 0.4) is 0 Å². The molecule has 6 nitrogen and oxygen atoms in total. The summed E-state index contributed by atoms with van der Waals surface area (Å²) in [7, 11) is 0. The molecule has 3 rings (SSSR count). The third kappa shape index (κ3) is 4.33. The number of carbonyl (C=O) groups excluding carboxylic acids is 1. The average molecular weight is 334 g/mol. The van der Waals surface area contributed by atoms with E-state index >= 15 is 0 Å². The lowest BCUT2D eigenvalue weighted by molar-refractivity contribution is 0.0860. The van der Waals surface area contributed by atoms with Crippen molar-refractivity contribution < 1.29 is 9.53 Å². The lowest BCUT2D eigenvalue weighted by Crippen LogP contribution is -2.46. The molecule has 1 aromatic carbocycles. The second kappa shape index (κ2) is 7.61. The molecule has 3 N–H and O–H groups in total. The second-order valence-electron chi connectivity index (χ2n) is 5.65. The molecule has 1 aromatic heterocycles. The fourth-order valence-electron chi connectivity index (χ4n) is 2.64. The van der Waals surface area contributed by atoms with Gasteiger partial charge in [-0.05, 0) is 31.9 Å². The molecular formula is C16H22N4O2S. The summed E-state index contributed by atoms with van der Waals surface area (Å²) in [5.74, 6) is 0. The lowest BCUT2D eigenvalue weighted by atomic mass is 10.1. The molecule has 0 radical (unpaired) electrons. The molecule has 2 amide bonds. The number of fused-ring (bicyclic) bond motifs is 1. The van der Waals surface area contributed by atoms with Crippen molar-refractivity contribution in [3.8, 4) is 0 Å². The Morgan fingerprint density at radius 1 is 1.43 bits per heavy atom. The number of para-hydroxylation sites is 1. The molecule has 0 unspecified atom stereocenters. The van der Waals surface area contributed by atoms with Gasteiger partial charge in [-0.3, -0.25) is 0 Å². The van der Waals surface area contributed by atoms with Crippen LogP contribution in [-0.2, 0) is 4.74 Å². The third-order valence-electron chi connectivity index (χ3n) is 3.86. The van der Waals surface area contributed by atoms with Crippen LogP contribution in [-0.4, -0.2) is 42.9 Å². The Kier molecular flexibility index (Phi) is 5.30. The zero-order chi connectivity index (χ0) is 16.1. The molecule has 2 heterocycles. The van der Waals surface area contributed by atoms with Gasteiger partial charge in [0.05, 0.1) is 22.4 Å². The lowest BCUT2D eigenvalue weighted by Gasteiger charge is -2.20. The summed E-state index contributed by atoms with van der Waals surface area (Å²) in [6, 6.07) is 7.91. The van der Waals surface area contributed by atoms with E-state index in [1.54, 1.807) is 11.3 Å². The van der Waals surface area contributed by atoms with Crippen molar-refractivity contribution in [1.29, 1.82) is 0 Å². The van der Waals surface area contributed by atoms with Gasteiger partial charge in [-0.15, -0.1) is 0 Å². The van der Waals surface area contributed by atoms with Gasteiger partial charge in [0.15, 0.2) is 5.13 Å².